The summed E-state index contributed by atoms with van der Waals surface area (Å²) >= 11 is 0. The number of carbonyl (C=O) groups is 3. The lowest BCUT2D eigenvalue weighted by molar-refractivity contribution is -0.197. The molecule has 1 N–H and O–H groups in total. The molecule has 7 heteroatoms. The number of rotatable bonds is 17. The summed E-state index contributed by atoms with van der Waals surface area (Å²) in [5.74, 6) is -2.28. The smallest absolute Gasteiger partial charge is 0.339 e. The van der Waals surface area contributed by atoms with Gasteiger partial charge in [-0.25, -0.2) is 4.79 Å². The van der Waals surface area contributed by atoms with Gasteiger partial charge >= 0.3 is 17.9 Å². The Labute approximate surface area is 226 Å². The van der Waals surface area contributed by atoms with Gasteiger partial charge in [0.05, 0.1) is 12.8 Å². The van der Waals surface area contributed by atoms with Crippen molar-refractivity contribution in [2.24, 2.45) is 17.8 Å². The van der Waals surface area contributed by atoms with Gasteiger partial charge in [0.2, 0.25) is 0 Å². The summed E-state index contributed by atoms with van der Waals surface area (Å²) in [4.78, 5) is 39.5. The average molecular weight is 529 g/mol. The predicted molar refractivity (Wildman–Crippen MR) is 147 cm³/mol. The topological polar surface area (TPSA) is 99.1 Å². The first-order valence-corrected chi connectivity index (χ1v) is 14.3. The van der Waals surface area contributed by atoms with Crippen LogP contribution in [-0.4, -0.2) is 45.4 Å². The van der Waals surface area contributed by atoms with Crippen LogP contribution in [0.2, 0.25) is 0 Å². The van der Waals surface area contributed by atoms with Crippen molar-refractivity contribution in [1.82, 2.24) is 0 Å². The summed E-state index contributed by atoms with van der Waals surface area (Å²) in [5, 5.41) is 11.5. The van der Waals surface area contributed by atoms with Crippen LogP contribution in [0.1, 0.15) is 134 Å². The van der Waals surface area contributed by atoms with Crippen LogP contribution in [0.25, 0.3) is 0 Å². The molecule has 0 spiro atoms. The number of hydrogen-bond donors (Lipinski definition) is 1. The highest BCUT2D eigenvalue weighted by Crippen LogP contribution is 2.34. The third-order valence-corrected chi connectivity index (χ3v) is 8.27. The van der Waals surface area contributed by atoms with E-state index in [-0.39, 0.29) is 17.8 Å². The fraction of sp³-hybridized carbons (Fsp3) is 0.900. The van der Waals surface area contributed by atoms with Gasteiger partial charge in [-0.05, 0) is 97.8 Å². The molecule has 0 aliphatic carbocycles. The van der Waals surface area contributed by atoms with Crippen LogP contribution in [0.15, 0.2) is 0 Å². The summed E-state index contributed by atoms with van der Waals surface area (Å²) in [7, 11) is 0. The van der Waals surface area contributed by atoms with Crippen LogP contribution in [-0.2, 0) is 28.6 Å². The Hall–Kier alpha value is -1.63. The van der Waals surface area contributed by atoms with E-state index in [9.17, 15) is 19.5 Å². The second-order valence-electron chi connectivity index (χ2n) is 12.1. The monoisotopic (exact) mass is 528 g/mol. The van der Waals surface area contributed by atoms with E-state index in [1.54, 1.807) is 13.8 Å². The first-order chi connectivity index (χ1) is 16.9. The van der Waals surface area contributed by atoms with Crippen LogP contribution in [0.3, 0.4) is 0 Å². The fourth-order valence-electron chi connectivity index (χ4n) is 5.74. The van der Waals surface area contributed by atoms with Crippen molar-refractivity contribution in [3.05, 3.63) is 0 Å². The zero-order chi connectivity index (χ0) is 29.2. The Bertz CT molecular complexity index is 686. The zero-order valence-electron chi connectivity index (χ0n) is 25.8. The van der Waals surface area contributed by atoms with Gasteiger partial charge in [-0.2, -0.15) is 0 Å². The SMILES string of the molecule is CCC(CC)C(C)(C)OC(=O)CC(O)(CC(=O)OC(C)(C)C(CC)CC)C(=O)OC(C)(C)C(CC)CC. The normalized spacial score (nSPS) is 13.3. The van der Waals surface area contributed by atoms with Gasteiger partial charge in [0.1, 0.15) is 16.8 Å². The first-order valence-electron chi connectivity index (χ1n) is 14.3. The van der Waals surface area contributed by atoms with Crippen LogP contribution >= 0.6 is 0 Å². The van der Waals surface area contributed by atoms with Crippen molar-refractivity contribution in [2.75, 3.05) is 0 Å². The second-order valence-corrected chi connectivity index (χ2v) is 12.1. The molecule has 0 aromatic heterocycles. The van der Waals surface area contributed by atoms with E-state index in [1.165, 1.54) is 0 Å². The standard InChI is InChI=1S/C30H56O7/c1-13-21(14-2)27(7,8)35-24(31)19-30(34,26(33)37-29(11,12)23(17-5)18-6)20-25(32)36-28(9,10)22(15-3)16-4/h21-23,34H,13-20H2,1-12H3. The van der Waals surface area contributed by atoms with E-state index in [0.717, 1.165) is 38.5 Å². The molecule has 0 aliphatic rings. The minimum absolute atomic E-state index is 0.0437. The summed E-state index contributed by atoms with van der Waals surface area (Å²) < 4.78 is 17.3. The molecule has 0 saturated carbocycles. The minimum atomic E-state index is -2.41. The van der Waals surface area contributed by atoms with E-state index in [2.05, 4.69) is 0 Å². The number of esters is 3. The fourth-order valence-corrected chi connectivity index (χ4v) is 5.74. The van der Waals surface area contributed by atoms with Gasteiger partial charge in [0, 0.05) is 0 Å². The third-order valence-electron chi connectivity index (χ3n) is 8.27. The predicted octanol–water partition coefficient (Wildman–Crippen LogP) is 6.77. The molecule has 0 unspecified atom stereocenters. The number of hydrogen-bond acceptors (Lipinski definition) is 7. The highest BCUT2D eigenvalue weighted by atomic mass is 16.6. The molecule has 0 aromatic rings. The lowest BCUT2D eigenvalue weighted by Gasteiger charge is -2.38. The zero-order valence-corrected chi connectivity index (χ0v) is 25.8. The van der Waals surface area contributed by atoms with Crippen LogP contribution < -0.4 is 0 Å². The molecule has 0 aliphatic heterocycles. The molecule has 0 bridgehead atoms. The van der Waals surface area contributed by atoms with Crippen molar-refractivity contribution in [1.29, 1.82) is 0 Å². The molecule has 0 rings (SSSR count). The third kappa shape index (κ3) is 10.2. The Morgan fingerprint density at radius 1 is 0.541 bits per heavy atom. The highest BCUT2D eigenvalue weighted by molar-refractivity contribution is 5.90. The summed E-state index contributed by atoms with van der Waals surface area (Å²) in [6, 6.07) is 0. The number of carbonyl (C=O) groups excluding carboxylic acids is 3. The van der Waals surface area contributed by atoms with Gasteiger partial charge in [0.25, 0.3) is 0 Å². The van der Waals surface area contributed by atoms with Gasteiger partial charge in [-0.1, -0.05) is 41.5 Å². The quantitative estimate of drug-likeness (QED) is 0.164. The minimum Gasteiger partial charge on any atom is -0.459 e. The van der Waals surface area contributed by atoms with Gasteiger partial charge < -0.3 is 19.3 Å². The molecule has 7 nitrogen and oxygen atoms in total. The van der Waals surface area contributed by atoms with Crippen LogP contribution in [0.4, 0.5) is 0 Å². The molecule has 218 valence electrons. The first kappa shape index (κ1) is 35.4. The van der Waals surface area contributed by atoms with Crippen molar-refractivity contribution in [2.45, 2.75) is 157 Å². The van der Waals surface area contributed by atoms with E-state index in [0.29, 0.717) is 0 Å². The van der Waals surface area contributed by atoms with E-state index in [1.807, 2.05) is 69.2 Å². The molecular weight excluding hydrogens is 472 g/mol. The lowest BCUT2D eigenvalue weighted by atomic mass is 9.85. The second kappa shape index (κ2) is 14.5. The molecule has 0 atom stereocenters. The lowest BCUT2D eigenvalue weighted by Crippen LogP contribution is -2.50. The molecule has 0 heterocycles. The number of aliphatic hydroxyl groups is 1. The molecule has 0 aromatic carbocycles. The summed E-state index contributed by atoms with van der Waals surface area (Å²) in [6.45, 7) is 23.0. The van der Waals surface area contributed by atoms with E-state index in [4.69, 9.17) is 14.2 Å². The van der Waals surface area contributed by atoms with Crippen molar-refractivity contribution in [3.63, 3.8) is 0 Å². The maximum Gasteiger partial charge on any atom is 0.339 e. The maximum atomic E-state index is 13.4. The molecule has 0 fully saturated rings. The van der Waals surface area contributed by atoms with Crippen molar-refractivity contribution >= 4 is 17.9 Å². The van der Waals surface area contributed by atoms with Crippen molar-refractivity contribution < 1.29 is 33.7 Å². The Morgan fingerprint density at radius 2 is 0.784 bits per heavy atom. The van der Waals surface area contributed by atoms with Gasteiger partial charge in [0.15, 0.2) is 5.60 Å². The molecule has 37 heavy (non-hydrogen) atoms. The van der Waals surface area contributed by atoms with Crippen LogP contribution in [0, 0.1) is 17.8 Å². The summed E-state index contributed by atoms with van der Waals surface area (Å²) in [5.41, 5.74) is -4.90. The molecule has 0 amide bonds. The van der Waals surface area contributed by atoms with Crippen molar-refractivity contribution in [3.8, 4) is 0 Å². The Morgan fingerprint density at radius 3 is 1.03 bits per heavy atom. The maximum absolute atomic E-state index is 13.4. The molecule has 0 radical (unpaired) electrons. The molecule has 0 saturated heterocycles. The van der Waals surface area contributed by atoms with E-state index >= 15 is 0 Å². The largest absolute Gasteiger partial charge is 0.459 e. The van der Waals surface area contributed by atoms with Gasteiger partial charge in [-0.3, -0.25) is 9.59 Å². The number of ether oxygens (including phenoxy) is 3. The molecular formula is C30H56O7. The highest BCUT2D eigenvalue weighted by Gasteiger charge is 2.48. The Balaban J connectivity index is 6.06. The summed E-state index contributed by atoms with van der Waals surface area (Å²) in [6.07, 6.45) is 3.38. The van der Waals surface area contributed by atoms with Crippen LogP contribution in [0.5, 0.6) is 0 Å². The van der Waals surface area contributed by atoms with Gasteiger partial charge in [-0.15, -0.1) is 0 Å². The Kier molecular flexibility index (Phi) is 13.9. The van der Waals surface area contributed by atoms with E-state index < -0.39 is 53.2 Å². The average Bonchev–Trinajstić information content (AvgIpc) is 2.73.